The second-order valence-corrected chi connectivity index (χ2v) is 7.83. The smallest absolute Gasteiger partial charge is 0.271 e. The number of carbonyl (C=O) groups excluding carboxylic acids is 2. The summed E-state index contributed by atoms with van der Waals surface area (Å²) in [6.07, 6.45) is 6.61. The molecule has 1 spiro atoms. The molecule has 0 aliphatic carbocycles. The summed E-state index contributed by atoms with van der Waals surface area (Å²) in [4.78, 5) is 34.7. The highest BCUT2D eigenvalue weighted by molar-refractivity contribution is 6.31. The fourth-order valence-corrected chi connectivity index (χ4v) is 4.68. The highest BCUT2D eigenvalue weighted by atomic mass is 35.5. The van der Waals surface area contributed by atoms with Gasteiger partial charge in [0.2, 0.25) is 5.91 Å². The van der Waals surface area contributed by atoms with Gasteiger partial charge in [0, 0.05) is 32.5 Å². The van der Waals surface area contributed by atoms with E-state index in [1.165, 1.54) is 0 Å². The molecule has 2 aliphatic heterocycles. The molecular weight excluding hydrogens is 364 g/mol. The number of halogens is 1. The Labute approximate surface area is 163 Å². The first kappa shape index (κ1) is 18.0. The molecule has 7 heteroatoms. The van der Waals surface area contributed by atoms with Crippen LogP contribution in [0, 0.1) is 0 Å². The number of aromatic nitrogens is 2. The Morgan fingerprint density at radius 1 is 1.26 bits per heavy atom. The van der Waals surface area contributed by atoms with Crippen molar-refractivity contribution >= 4 is 23.4 Å². The molecule has 0 N–H and O–H groups in total. The van der Waals surface area contributed by atoms with Crippen molar-refractivity contribution in [2.24, 2.45) is 7.05 Å². The van der Waals surface area contributed by atoms with Crippen molar-refractivity contribution in [1.29, 1.82) is 0 Å². The molecule has 27 heavy (non-hydrogen) atoms. The number of hydrogen-bond donors (Lipinski definition) is 0. The first-order valence-electron chi connectivity index (χ1n) is 9.34. The molecule has 2 amide bonds. The van der Waals surface area contributed by atoms with Crippen LogP contribution in [0.5, 0.6) is 0 Å². The van der Waals surface area contributed by atoms with Crippen molar-refractivity contribution in [3.05, 3.63) is 53.1 Å². The Kier molecular flexibility index (Phi) is 4.68. The summed E-state index contributed by atoms with van der Waals surface area (Å²) in [5.74, 6) is -0.0690. The molecule has 2 aromatic heterocycles. The summed E-state index contributed by atoms with van der Waals surface area (Å²) in [7, 11) is 1.80. The number of likely N-dealkylation sites (tertiary alicyclic amines) is 2. The van der Waals surface area contributed by atoms with E-state index in [0.717, 1.165) is 18.5 Å². The zero-order valence-corrected chi connectivity index (χ0v) is 16.2. The Bertz CT molecular complexity index is 866. The number of hydrogen-bond acceptors (Lipinski definition) is 3. The molecule has 2 aromatic rings. The normalized spacial score (nSPS) is 22.7. The summed E-state index contributed by atoms with van der Waals surface area (Å²) in [5, 5.41) is 0.529. The van der Waals surface area contributed by atoms with E-state index in [1.54, 1.807) is 35.0 Å². The number of carbonyl (C=O) groups is 2. The van der Waals surface area contributed by atoms with Crippen molar-refractivity contribution < 1.29 is 9.59 Å². The van der Waals surface area contributed by atoms with Gasteiger partial charge in [0.1, 0.15) is 11.2 Å². The lowest BCUT2D eigenvalue weighted by Crippen LogP contribution is -2.61. The quantitative estimate of drug-likeness (QED) is 0.815. The van der Waals surface area contributed by atoms with Crippen LogP contribution in [0.3, 0.4) is 0 Å². The maximum Gasteiger partial charge on any atom is 0.271 e. The molecule has 0 bridgehead atoms. The second-order valence-electron chi connectivity index (χ2n) is 7.40. The Morgan fingerprint density at radius 2 is 2.04 bits per heavy atom. The number of rotatable bonds is 3. The molecule has 4 heterocycles. The first-order valence-corrected chi connectivity index (χ1v) is 9.72. The van der Waals surface area contributed by atoms with Gasteiger partial charge in [0.05, 0.1) is 17.3 Å². The van der Waals surface area contributed by atoms with Crippen LogP contribution in [0.2, 0.25) is 5.02 Å². The van der Waals surface area contributed by atoms with Crippen LogP contribution in [-0.4, -0.2) is 49.8 Å². The van der Waals surface area contributed by atoms with Crippen LogP contribution in [0.25, 0.3) is 0 Å². The first-order chi connectivity index (χ1) is 13.0. The lowest BCUT2D eigenvalue weighted by atomic mass is 9.85. The van der Waals surface area contributed by atoms with Gasteiger partial charge in [-0.05, 0) is 43.9 Å². The van der Waals surface area contributed by atoms with Gasteiger partial charge < -0.3 is 14.4 Å². The Balaban J connectivity index is 1.61. The fourth-order valence-electron chi connectivity index (χ4n) is 4.44. The molecule has 2 aliphatic rings. The maximum absolute atomic E-state index is 13.5. The van der Waals surface area contributed by atoms with E-state index in [4.69, 9.17) is 11.6 Å². The van der Waals surface area contributed by atoms with Gasteiger partial charge in [0.15, 0.2) is 0 Å². The van der Waals surface area contributed by atoms with Crippen molar-refractivity contribution in [2.75, 3.05) is 13.1 Å². The number of aryl methyl sites for hydroxylation is 1. The zero-order valence-electron chi connectivity index (χ0n) is 15.4. The molecular formula is C20H23ClN4O2. The number of pyridine rings is 1. The van der Waals surface area contributed by atoms with Crippen LogP contribution in [0.15, 0.2) is 36.7 Å². The van der Waals surface area contributed by atoms with Crippen LogP contribution >= 0.6 is 11.6 Å². The van der Waals surface area contributed by atoms with Gasteiger partial charge in [-0.15, -0.1) is 0 Å². The fraction of sp³-hybridized carbons (Fsp3) is 0.450. The summed E-state index contributed by atoms with van der Waals surface area (Å²) in [6.45, 7) is 1.79. The van der Waals surface area contributed by atoms with E-state index in [-0.39, 0.29) is 11.8 Å². The standard InChI is InChI=1S/C20H23ClN4O2/c1-23-13-15(21)12-17(23)18(26)25-11-5-8-20(25)7-4-10-24(19(20)27)14-16-6-2-3-9-22-16/h2-3,6,9,12-13H,4-5,7-8,10-11,14H2,1H3. The largest absolute Gasteiger partial charge is 0.345 e. The van der Waals surface area contributed by atoms with Crippen molar-refractivity contribution in [2.45, 2.75) is 37.8 Å². The molecule has 0 aromatic carbocycles. The Morgan fingerprint density at radius 3 is 2.70 bits per heavy atom. The maximum atomic E-state index is 13.5. The van der Waals surface area contributed by atoms with E-state index in [2.05, 4.69) is 4.98 Å². The van der Waals surface area contributed by atoms with Crippen LogP contribution in [0.4, 0.5) is 0 Å². The van der Waals surface area contributed by atoms with Gasteiger partial charge in [-0.3, -0.25) is 14.6 Å². The van der Waals surface area contributed by atoms with Gasteiger partial charge in [-0.2, -0.15) is 0 Å². The predicted octanol–water partition coefficient (Wildman–Crippen LogP) is 2.87. The van der Waals surface area contributed by atoms with Crippen LogP contribution in [-0.2, 0) is 18.4 Å². The highest BCUT2D eigenvalue weighted by Gasteiger charge is 2.53. The third-order valence-electron chi connectivity index (χ3n) is 5.71. The molecule has 0 saturated carbocycles. The lowest BCUT2D eigenvalue weighted by Gasteiger charge is -2.44. The average Bonchev–Trinajstić information content (AvgIpc) is 3.23. The van der Waals surface area contributed by atoms with Gasteiger partial charge in [-0.1, -0.05) is 17.7 Å². The van der Waals surface area contributed by atoms with Gasteiger partial charge in [0.25, 0.3) is 5.91 Å². The second kappa shape index (κ2) is 7.00. The van der Waals surface area contributed by atoms with Crippen LogP contribution < -0.4 is 0 Å². The molecule has 1 atom stereocenters. The van der Waals surface area contributed by atoms with E-state index >= 15 is 0 Å². The van der Waals surface area contributed by atoms with Crippen LogP contribution in [0.1, 0.15) is 41.9 Å². The Hall–Kier alpha value is -2.34. The van der Waals surface area contributed by atoms with Crippen molar-refractivity contribution in [3.63, 3.8) is 0 Å². The van der Waals surface area contributed by atoms with Gasteiger partial charge >= 0.3 is 0 Å². The molecule has 1 unspecified atom stereocenters. The van der Waals surface area contributed by atoms with Crippen molar-refractivity contribution in [3.8, 4) is 0 Å². The lowest BCUT2D eigenvalue weighted by molar-refractivity contribution is -0.146. The van der Waals surface area contributed by atoms with E-state index in [9.17, 15) is 9.59 Å². The molecule has 6 nitrogen and oxygen atoms in total. The summed E-state index contributed by atoms with van der Waals surface area (Å²) in [6, 6.07) is 7.40. The summed E-state index contributed by atoms with van der Waals surface area (Å²) < 4.78 is 1.73. The van der Waals surface area contributed by atoms with Crippen molar-refractivity contribution in [1.82, 2.24) is 19.4 Å². The minimum atomic E-state index is -0.735. The minimum Gasteiger partial charge on any atom is -0.345 e. The third-order valence-corrected chi connectivity index (χ3v) is 5.91. The summed E-state index contributed by atoms with van der Waals surface area (Å²) >= 11 is 6.06. The molecule has 142 valence electrons. The average molecular weight is 387 g/mol. The minimum absolute atomic E-state index is 0.0468. The molecule has 2 saturated heterocycles. The number of piperidine rings is 1. The molecule has 0 radical (unpaired) electrons. The number of nitrogens with zero attached hydrogens (tertiary/aromatic N) is 4. The van der Waals surface area contributed by atoms with E-state index in [0.29, 0.717) is 43.2 Å². The third kappa shape index (κ3) is 3.12. The zero-order chi connectivity index (χ0) is 19.0. The van der Waals surface area contributed by atoms with E-state index < -0.39 is 5.54 Å². The molecule has 2 fully saturated rings. The SMILES string of the molecule is Cn1cc(Cl)cc1C(=O)N1CCCC12CCCN(Cc1ccccn1)C2=O. The topological polar surface area (TPSA) is 58.4 Å². The highest BCUT2D eigenvalue weighted by Crippen LogP contribution is 2.39. The van der Waals surface area contributed by atoms with E-state index in [1.807, 2.05) is 23.1 Å². The van der Waals surface area contributed by atoms with Gasteiger partial charge in [-0.25, -0.2) is 0 Å². The predicted molar refractivity (Wildman–Crippen MR) is 102 cm³/mol. The molecule has 4 rings (SSSR count). The number of amides is 2. The monoisotopic (exact) mass is 386 g/mol. The summed E-state index contributed by atoms with van der Waals surface area (Å²) in [5.41, 5.74) is 0.657.